The Bertz CT molecular complexity index is 449. The summed E-state index contributed by atoms with van der Waals surface area (Å²) >= 11 is 0. The number of benzene rings is 1. The minimum Gasteiger partial charge on any atom is -0.486 e. The molecule has 4 heteroatoms. The summed E-state index contributed by atoms with van der Waals surface area (Å²) in [6.07, 6.45) is 2.33. The van der Waals surface area contributed by atoms with Crippen molar-refractivity contribution >= 4 is 0 Å². The molecule has 3 rings (SSSR count). The van der Waals surface area contributed by atoms with Crippen LogP contribution in [0.4, 0.5) is 0 Å². The van der Waals surface area contributed by atoms with Crippen molar-refractivity contribution in [3.8, 4) is 11.5 Å². The fraction of sp³-hybridized carbons (Fsp3) is 0.600. The molecule has 3 unspecified atom stereocenters. The van der Waals surface area contributed by atoms with E-state index in [0.29, 0.717) is 19.1 Å². The lowest BCUT2D eigenvalue weighted by molar-refractivity contribution is 0.0812. The van der Waals surface area contributed by atoms with Crippen molar-refractivity contribution in [2.75, 3.05) is 19.8 Å². The van der Waals surface area contributed by atoms with E-state index >= 15 is 0 Å². The van der Waals surface area contributed by atoms with E-state index in [9.17, 15) is 0 Å². The van der Waals surface area contributed by atoms with Crippen LogP contribution in [0.15, 0.2) is 18.2 Å². The molecule has 2 aliphatic rings. The lowest BCUT2D eigenvalue weighted by Crippen LogP contribution is -2.28. The molecule has 0 aliphatic carbocycles. The van der Waals surface area contributed by atoms with Crippen LogP contribution in [0.25, 0.3) is 0 Å². The molecular formula is C15H21NO3. The number of nitrogens with two attached hydrogens (primary N) is 1. The highest BCUT2D eigenvalue weighted by atomic mass is 16.6. The first-order valence-corrected chi connectivity index (χ1v) is 7.06. The average molecular weight is 263 g/mol. The number of fused-ring (bicyclic) bond motifs is 1. The van der Waals surface area contributed by atoms with Crippen LogP contribution in [0, 0.1) is 5.92 Å². The van der Waals surface area contributed by atoms with Gasteiger partial charge in [0.2, 0.25) is 0 Å². The SMILES string of the molecule is CCC1OCCC1C(N)c1ccc2c(c1)OCCO2. The fourth-order valence-corrected chi connectivity index (χ4v) is 3.01. The Morgan fingerprint density at radius 2 is 2.00 bits per heavy atom. The summed E-state index contributed by atoms with van der Waals surface area (Å²) in [5, 5.41) is 0. The van der Waals surface area contributed by atoms with Gasteiger partial charge in [0.1, 0.15) is 13.2 Å². The smallest absolute Gasteiger partial charge is 0.161 e. The zero-order valence-electron chi connectivity index (χ0n) is 11.3. The summed E-state index contributed by atoms with van der Waals surface area (Å²) in [4.78, 5) is 0. The Labute approximate surface area is 113 Å². The molecule has 0 radical (unpaired) electrons. The second-order valence-corrected chi connectivity index (χ2v) is 5.20. The molecule has 0 bridgehead atoms. The lowest BCUT2D eigenvalue weighted by atomic mass is 9.87. The van der Waals surface area contributed by atoms with Gasteiger partial charge in [-0.1, -0.05) is 13.0 Å². The second kappa shape index (κ2) is 5.39. The molecule has 1 aromatic rings. The summed E-state index contributed by atoms with van der Waals surface area (Å²) in [6, 6.07) is 6.02. The summed E-state index contributed by atoms with van der Waals surface area (Å²) in [5.74, 6) is 2.02. The Kier molecular flexibility index (Phi) is 3.62. The number of ether oxygens (including phenoxy) is 3. The molecule has 1 saturated heterocycles. The van der Waals surface area contributed by atoms with E-state index < -0.39 is 0 Å². The monoisotopic (exact) mass is 263 g/mol. The molecule has 19 heavy (non-hydrogen) atoms. The van der Waals surface area contributed by atoms with Gasteiger partial charge in [-0.15, -0.1) is 0 Å². The molecule has 2 aliphatic heterocycles. The fourth-order valence-electron chi connectivity index (χ4n) is 3.01. The van der Waals surface area contributed by atoms with E-state index in [1.54, 1.807) is 0 Å². The largest absolute Gasteiger partial charge is 0.486 e. The van der Waals surface area contributed by atoms with Crippen LogP contribution in [0.1, 0.15) is 31.4 Å². The summed E-state index contributed by atoms with van der Waals surface area (Å²) < 4.78 is 16.9. The normalized spacial score (nSPS) is 27.3. The third-order valence-corrected chi connectivity index (χ3v) is 4.08. The minimum atomic E-state index is 0.00303. The van der Waals surface area contributed by atoms with Gasteiger partial charge in [0.05, 0.1) is 6.10 Å². The van der Waals surface area contributed by atoms with Crippen LogP contribution in [0.3, 0.4) is 0 Å². The topological polar surface area (TPSA) is 53.7 Å². The molecule has 2 heterocycles. The van der Waals surface area contributed by atoms with Crippen molar-refractivity contribution in [1.29, 1.82) is 0 Å². The average Bonchev–Trinajstić information content (AvgIpc) is 2.94. The summed E-state index contributed by atoms with van der Waals surface area (Å²) in [7, 11) is 0. The van der Waals surface area contributed by atoms with E-state index in [-0.39, 0.29) is 12.1 Å². The van der Waals surface area contributed by atoms with Gasteiger partial charge in [-0.3, -0.25) is 0 Å². The Morgan fingerprint density at radius 3 is 2.79 bits per heavy atom. The first-order valence-electron chi connectivity index (χ1n) is 7.06. The quantitative estimate of drug-likeness (QED) is 0.909. The van der Waals surface area contributed by atoms with Crippen molar-refractivity contribution in [3.05, 3.63) is 23.8 Å². The van der Waals surface area contributed by atoms with E-state index in [4.69, 9.17) is 19.9 Å². The van der Waals surface area contributed by atoms with E-state index in [0.717, 1.165) is 36.5 Å². The van der Waals surface area contributed by atoms with E-state index in [1.165, 1.54) is 0 Å². The van der Waals surface area contributed by atoms with Gasteiger partial charge in [-0.2, -0.15) is 0 Å². The zero-order valence-corrected chi connectivity index (χ0v) is 11.3. The van der Waals surface area contributed by atoms with E-state index in [2.05, 4.69) is 6.92 Å². The maximum atomic E-state index is 6.42. The first kappa shape index (κ1) is 12.8. The highest BCUT2D eigenvalue weighted by Crippen LogP contribution is 2.37. The van der Waals surface area contributed by atoms with Gasteiger partial charge >= 0.3 is 0 Å². The predicted molar refractivity (Wildman–Crippen MR) is 72.5 cm³/mol. The Balaban J connectivity index is 1.81. The van der Waals surface area contributed by atoms with E-state index in [1.807, 2.05) is 18.2 Å². The second-order valence-electron chi connectivity index (χ2n) is 5.20. The summed E-state index contributed by atoms with van der Waals surface area (Å²) in [5.41, 5.74) is 7.53. The lowest BCUT2D eigenvalue weighted by Gasteiger charge is -2.25. The molecule has 1 fully saturated rings. The molecule has 0 aromatic heterocycles. The van der Waals surface area contributed by atoms with Crippen LogP contribution < -0.4 is 15.2 Å². The molecule has 2 N–H and O–H groups in total. The highest BCUT2D eigenvalue weighted by Gasteiger charge is 2.32. The molecule has 0 saturated carbocycles. The Morgan fingerprint density at radius 1 is 1.21 bits per heavy atom. The van der Waals surface area contributed by atoms with Crippen molar-refractivity contribution in [2.45, 2.75) is 31.9 Å². The van der Waals surface area contributed by atoms with Crippen LogP contribution in [-0.2, 0) is 4.74 Å². The van der Waals surface area contributed by atoms with Gasteiger partial charge in [-0.05, 0) is 30.5 Å². The standard InChI is InChI=1S/C15H21NO3/c1-2-12-11(5-6-17-12)15(16)10-3-4-13-14(9-10)19-8-7-18-13/h3-4,9,11-12,15H,2,5-8,16H2,1H3. The Hall–Kier alpha value is -1.26. The molecular weight excluding hydrogens is 242 g/mol. The minimum absolute atomic E-state index is 0.00303. The zero-order chi connectivity index (χ0) is 13.2. The van der Waals surface area contributed by atoms with Crippen molar-refractivity contribution in [3.63, 3.8) is 0 Å². The van der Waals surface area contributed by atoms with Gasteiger partial charge in [-0.25, -0.2) is 0 Å². The number of hydrogen-bond acceptors (Lipinski definition) is 4. The van der Waals surface area contributed by atoms with Crippen molar-refractivity contribution in [1.82, 2.24) is 0 Å². The van der Waals surface area contributed by atoms with Gasteiger partial charge in [0.15, 0.2) is 11.5 Å². The first-order chi connectivity index (χ1) is 9.29. The van der Waals surface area contributed by atoms with Crippen LogP contribution in [0.2, 0.25) is 0 Å². The van der Waals surface area contributed by atoms with Crippen LogP contribution in [0.5, 0.6) is 11.5 Å². The van der Waals surface area contributed by atoms with Gasteiger partial charge in [0.25, 0.3) is 0 Å². The molecule has 0 amide bonds. The third kappa shape index (κ3) is 2.42. The predicted octanol–water partition coefficient (Wildman–Crippen LogP) is 2.27. The van der Waals surface area contributed by atoms with Gasteiger partial charge < -0.3 is 19.9 Å². The molecule has 1 aromatic carbocycles. The van der Waals surface area contributed by atoms with Crippen molar-refractivity contribution in [2.24, 2.45) is 11.7 Å². The maximum absolute atomic E-state index is 6.42. The van der Waals surface area contributed by atoms with Crippen LogP contribution >= 0.6 is 0 Å². The summed E-state index contributed by atoms with van der Waals surface area (Å²) in [6.45, 7) is 4.20. The maximum Gasteiger partial charge on any atom is 0.161 e. The molecule has 3 atom stereocenters. The highest BCUT2D eigenvalue weighted by molar-refractivity contribution is 5.44. The molecule has 4 nitrogen and oxygen atoms in total. The number of hydrogen-bond donors (Lipinski definition) is 1. The van der Waals surface area contributed by atoms with Crippen molar-refractivity contribution < 1.29 is 14.2 Å². The molecule has 104 valence electrons. The van der Waals surface area contributed by atoms with Crippen LogP contribution in [-0.4, -0.2) is 25.9 Å². The molecule has 0 spiro atoms. The number of rotatable bonds is 3. The third-order valence-electron chi connectivity index (χ3n) is 4.08. The van der Waals surface area contributed by atoms with Gasteiger partial charge in [0, 0.05) is 18.6 Å².